The van der Waals surface area contributed by atoms with Crippen LogP contribution >= 0.6 is 0 Å². The van der Waals surface area contributed by atoms with E-state index in [1.807, 2.05) is 30.4 Å². The van der Waals surface area contributed by atoms with Gasteiger partial charge in [-0.3, -0.25) is 4.79 Å². The van der Waals surface area contributed by atoms with Gasteiger partial charge >= 0.3 is 0 Å². The van der Waals surface area contributed by atoms with E-state index in [9.17, 15) is 14.7 Å². The lowest BCUT2D eigenvalue weighted by Crippen LogP contribution is -2.45. The van der Waals surface area contributed by atoms with Gasteiger partial charge in [-0.05, 0) is 43.1 Å². The third-order valence-corrected chi connectivity index (χ3v) is 5.07. The van der Waals surface area contributed by atoms with Crippen LogP contribution in [0.1, 0.15) is 24.8 Å². The van der Waals surface area contributed by atoms with Gasteiger partial charge in [0.25, 0.3) is 0 Å². The molecule has 0 radical (unpaired) electrons. The maximum absolute atomic E-state index is 12.3. The second-order valence-electron chi connectivity index (χ2n) is 6.55. The number of benzene rings is 1. The average Bonchev–Trinajstić information content (AvgIpc) is 3.16. The highest BCUT2D eigenvalue weighted by Gasteiger charge is 2.48. The number of hydrogen-bond acceptors (Lipinski definition) is 3. The summed E-state index contributed by atoms with van der Waals surface area (Å²) < 4.78 is 0. The zero-order chi connectivity index (χ0) is 16.2. The number of carbonyl (C=O) groups is 2. The summed E-state index contributed by atoms with van der Waals surface area (Å²) in [5.74, 6) is -2.30. The molecular formula is C19H22NO3-. The summed E-state index contributed by atoms with van der Waals surface area (Å²) in [6.07, 6.45) is 7.58. The molecule has 0 aromatic heterocycles. The number of carboxylic acid groups (broad SMARTS) is 1. The summed E-state index contributed by atoms with van der Waals surface area (Å²) in [5, 5.41) is 14.2. The van der Waals surface area contributed by atoms with Crippen LogP contribution in [0.15, 0.2) is 42.5 Å². The zero-order valence-electron chi connectivity index (χ0n) is 13.1. The predicted molar refractivity (Wildman–Crippen MR) is 85.1 cm³/mol. The van der Waals surface area contributed by atoms with Gasteiger partial charge in [-0.15, -0.1) is 0 Å². The second-order valence-corrected chi connectivity index (χ2v) is 6.55. The number of hydrogen-bond donors (Lipinski definition) is 1. The molecule has 4 heteroatoms. The van der Waals surface area contributed by atoms with Gasteiger partial charge in [0, 0.05) is 18.4 Å². The lowest BCUT2D eigenvalue weighted by molar-refractivity contribution is -0.313. The maximum atomic E-state index is 12.3. The highest BCUT2D eigenvalue weighted by molar-refractivity contribution is 5.86. The number of aryl methyl sites for hydroxylation is 1. The number of nitrogens with one attached hydrogen (secondary N) is 1. The van der Waals surface area contributed by atoms with E-state index < -0.39 is 17.8 Å². The van der Waals surface area contributed by atoms with Crippen molar-refractivity contribution in [2.75, 3.05) is 6.54 Å². The molecule has 4 nitrogen and oxygen atoms in total. The van der Waals surface area contributed by atoms with E-state index in [4.69, 9.17) is 0 Å². The number of carbonyl (C=O) groups excluding carboxylic acids is 2. The Balaban J connectivity index is 1.43. The highest BCUT2D eigenvalue weighted by atomic mass is 16.4. The Bertz CT molecular complexity index is 596. The first kappa shape index (κ1) is 15.8. The van der Waals surface area contributed by atoms with Crippen LogP contribution in [0.25, 0.3) is 0 Å². The van der Waals surface area contributed by atoms with Crippen molar-refractivity contribution >= 4 is 11.9 Å². The molecule has 1 fully saturated rings. The molecule has 1 saturated carbocycles. The van der Waals surface area contributed by atoms with Crippen LogP contribution in [0.2, 0.25) is 0 Å². The highest BCUT2D eigenvalue weighted by Crippen LogP contribution is 2.47. The quantitative estimate of drug-likeness (QED) is 0.610. The molecule has 122 valence electrons. The minimum Gasteiger partial charge on any atom is -0.550 e. The van der Waals surface area contributed by atoms with E-state index in [0.717, 1.165) is 25.7 Å². The molecule has 2 aliphatic carbocycles. The van der Waals surface area contributed by atoms with Gasteiger partial charge in [0.05, 0.1) is 5.92 Å². The van der Waals surface area contributed by atoms with Crippen molar-refractivity contribution in [3.63, 3.8) is 0 Å². The van der Waals surface area contributed by atoms with Gasteiger partial charge in [-0.25, -0.2) is 0 Å². The minimum absolute atomic E-state index is 0.0289. The van der Waals surface area contributed by atoms with Crippen molar-refractivity contribution in [1.29, 1.82) is 0 Å². The molecule has 1 amide bonds. The number of unbranched alkanes of at least 4 members (excludes halogenated alkanes) is 1. The lowest BCUT2D eigenvalue weighted by atomic mass is 9.82. The molecule has 1 N–H and O–H groups in total. The summed E-state index contributed by atoms with van der Waals surface area (Å²) in [5.41, 5.74) is 1.30. The van der Waals surface area contributed by atoms with Crippen LogP contribution in [0.3, 0.4) is 0 Å². The molecule has 23 heavy (non-hydrogen) atoms. The molecule has 2 aliphatic rings. The van der Waals surface area contributed by atoms with Crippen molar-refractivity contribution < 1.29 is 14.7 Å². The third kappa shape index (κ3) is 3.46. The SMILES string of the molecule is O=C([O-])[C@@H]1[C@H](C(=O)NCCCCc2ccccc2)[C@H]2C=C[C@H]1C2. The van der Waals surface area contributed by atoms with Gasteiger partial charge in [-0.1, -0.05) is 42.5 Å². The summed E-state index contributed by atoms with van der Waals surface area (Å²) in [6.45, 7) is 0.600. The van der Waals surface area contributed by atoms with E-state index in [-0.39, 0.29) is 17.7 Å². The molecule has 0 spiro atoms. The van der Waals surface area contributed by atoms with Crippen LogP contribution in [-0.2, 0) is 16.0 Å². The van der Waals surface area contributed by atoms with E-state index >= 15 is 0 Å². The number of rotatable bonds is 7. The molecule has 0 saturated heterocycles. The van der Waals surface area contributed by atoms with E-state index in [2.05, 4.69) is 17.4 Å². The fourth-order valence-corrected chi connectivity index (χ4v) is 3.93. The number of amides is 1. The Morgan fingerprint density at radius 2 is 1.74 bits per heavy atom. The first-order valence-corrected chi connectivity index (χ1v) is 8.37. The van der Waals surface area contributed by atoms with Gasteiger partial charge in [0.2, 0.25) is 5.91 Å². The van der Waals surface area contributed by atoms with E-state index in [1.54, 1.807) is 0 Å². The average molecular weight is 312 g/mol. The van der Waals surface area contributed by atoms with Crippen LogP contribution in [0.4, 0.5) is 0 Å². The van der Waals surface area contributed by atoms with Gasteiger partial charge < -0.3 is 15.2 Å². The summed E-state index contributed by atoms with van der Waals surface area (Å²) in [6, 6.07) is 10.3. The Morgan fingerprint density at radius 3 is 2.43 bits per heavy atom. The molecule has 2 bridgehead atoms. The van der Waals surface area contributed by atoms with Crippen molar-refractivity contribution in [3.05, 3.63) is 48.0 Å². The predicted octanol–water partition coefficient (Wildman–Crippen LogP) is 1.31. The Kier molecular flexibility index (Phi) is 4.79. The Morgan fingerprint density at radius 1 is 1.04 bits per heavy atom. The van der Waals surface area contributed by atoms with Crippen LogP contribution in [0.5, 0.6) is 0 Å². The smallest absolute Gasteiger partial charge is 0.224 e. The third-order valence-electron chi connectivity index (χ3n) is 5.07. The zero-order valence-corrected chi connectivity index (χ0v) is 13.1. The van der Waals surface area contributed by atoms with Crippen molar-refractivity contribution in [1.82, 2.24) is 5.32 Å². The molecular weight excluding hydrogens is 290 g/mol. The van der Waals surface area contributed by atoms with Crippen LogP contribution in [-0.4, -0.2) is 18.4 Å². The largest absolute Gasteiger partial charge is 0.550 e. The fourth-order valence-electron chi connectivity index (χ4n) is 3.93. The van der Waals surface area contributed by atoms with Crippen LogP contribution in [0, 0.1) is 23.7 Å². The number of aliphatic carboxylic acids is 1. The maximum Gasteiger partial charge on any atom is 0.224 e. The first-order chi connectivity index (χ1) is 11.2. The monoisotopic (exact) mass is 312 g/mol. The van der Waals surface area contributed by atoms with E-state index in [1.165, 1.54) is 5.56 Å². The second kappa shape index (κ2) is 6.99. The minimum atomic E-state index is -1.09. The van der Waals surface area contributed by atoms with Crippen LogP contribution < -0.4 is 10.4 Å². The summed E-state index contributed by atoms with van der Waals surface area (Å²) in [7, 11) is 0. The van der Waals surface area contributed by atoms with Crippen molar-refractivity contribution in [3.8, 4) is 0 Å². The molecule has 3 rings (SSSR count). The molecule has 1 aromatic carbocycles. The summed E-state index contributed by atoms with van der Waals surface area (Å²) >= 11 is 0. The standard InChI is InChI=1S/C19H23NO3/c21-18(16-14-9-10-15(12-14)17(16)19(22)23)20-11-5-4-8-13-6-2-1-3-7-13/h1-3,6-7,9-10,14-17H,4-5,8,11-12H2,(H,20,21)(H,22,23)/p-1/t14-,15-,16+,17-/m0/s1. The Hall–Kier alpha value is -2.10. The normalized spacial score (nSPS) is 28.0. The van der Waals surface area contributed by atoms with Crippen molar-refractivity contribution in [2.24, 2.45) is 23.7 Å². The molecule has 0 aliphatic heterocycles. The summed E-state index contributed by atoms with van der Waals surface area (Å²) in [4.78, 5) is 23.7. The Labute approximate surface area is 136 Å². The van der Waals surface area contributed by atoms with Gasteiger partial charge in [-0.2, -0.15) is 0 Å². The number of allylic oxidation sites excluding steroid dienone is 2. The number of fused-ring (bicyclic) bond motifs is 2. The molecule has 1 aromatic rings. The molecule has 0 unspecified atom stereocenters. The molecule has 4 atom stereocenters. The van der Waals surface area contributed by atoms with Gasteiger partial charge in [0.1, 0.15) is 0 Å². The van der Waals surface area contributed by atoms with E-state index in [0.29, 0.717) is 6.54 Å². The first-order valence-electron chi connectivity index (χ1n) is 8.37. The van der Waals surface area contributed by atoms with Crippen molar-refractivity contribution in [2.45, 2.75) is 25.7 Å². The molecule has 0 heterocycles. The van der Waals surface area contributed by atoms with Gasteiger partial charge in [0.15, 0.2) is 0 Å². The fraction of sp³-hybridized carbons (Fsp3) is 0.474. The topological polar surface area (TPSA) is 69.2 Å². The number of carboxylic acids is 1. The lowest BCUT2D eigenvalue weighted by Gasteiger charge is -2.27.